The molecule has 22 heavy (non-hydrogen) atoms. The highest BCUT2D eigenvalue weighted by atomic mass is 79.9. The van der Waals surface area contributed by atoms with Crippen LogP contribution in [0, 0.1) is 0 Å². The van der Waals surface area contributed by atoms with Crippen molar-refractivity contribution in [1.29, 1.82) is 0 Å². The third kappa shape index (κ3) is 4.14. The number of allylic oxidation sites excluding steroid dienone is 1. The summed E-state index contributed by atoms with van der Waals surface area (Å²) in [6, 6.07) is 16.2. The van der Waals surface area contributed by atoms with E-state index < -0.39 is 0 Å². The lowest BCUT2D eigenvalue weighted by molar-refractivity contribution is 0.414. The van der Waals surface area contributed by atoms with Gasteiger partial charge in [-0.1, -0.05) is 56.1 Å². The summed E-state index contributed by atoms with van der Waals surface area (Å²) < 4.78 is 11.6. The zero-order valence-electron chi connectivity index (χ0n) is 12.6. The monoisotopic (exact) mass is 424 g/mol. The fourth-order valence-electron chi connectivity index (χ4n) is 2.20. The molecule has 2 rings (SSSR count). The third-order valence-electron chi connectivity index (χ3n) is 3.34. The van der Waals surface area contributed by atoms with E-state index in [4.69, 9.17) is 9.47 Å². The Balaban J connectivity index is 2.47. The van der Waals surface area contributed by atoms with Crippen molar-refractivity contribution in [2.75, 3.05) is 19.5 Å². The molecule has 0 atom stereocenters. The molecule has 0 saturated heterocycles. The first-order chi connectivity index (χ1) is 10.7. The predicted molar refractivity (Wildman–Crippen MR) is 99.3 cm³/mol. The minimum Gasteiger partial charge on any atom is -0.497 e. The van der Waals surface area contributed by atoms with Crippen LogP contribution in [0.5, 0.6) is 11.5 Å². The fraction of sp³-hybridized carbons (Fsp3) is 0.222. The molecule has 0 unspecified atom stereocenters. The Labute approximate surface area is 148 Å². The first kappa shape index (κ1) is 17.1. The summed E-state index contributed by atoms with van der Waals surface area (Å²) in [5, 5.41) is 0.906. The second-order valence-corrected chi connectivity index (χ2v) is 6.43. The van der Waals surface area contributed by atoms with E-state index in [1.54, 1.807) is 14.2 Å². The van der Waals surface area contributed by atoms with Crippen LogP contribution in [0.2, 0.25) is 0 Å². The smallest absolute Gasteiger partial charge is 0.118 e. The normalized spacial score (nSPS) is 10.2. The Kier molecular flexibility index (Phi) is 6.52. The Hall–Kier alpha value is -1.26. The van der Waals surface area contributed by atoms with Gasteiger partial charge in [0.2, 0.25) is 0 Å². The van der Waals surface area contributed by atoms with Crippen LogP contribution >= 0.6 is 31.9 Å². The highest BCUT2D eigenvalue weighted by molar-refractivity contribution is 9.12. The molecular weight excluding hydrogens is 408 g/mol. The van der Waals surface area contributed by atoms with E-state index in [1.165, 1.54) is 10.1 Å². The zero-order valence-corrected chi connectivity index (χ0v) is 15.8. The largest absolute Gasteiger partial charge is 0.497 e. The van der Waals surface area contributed by atoms with E-state index >= 15 is 0 Å². The summed E-state index contributed by atoms with van der Waals surface area (Å²) >= 11 is 7.24. The van der Waals surface area contributed by atoms with Crippen LogP contribution in [0.4, 0.5) is 0 Å². The van der Waals surface area contributed by atoms with Gasteiger partial charge in [0.1, 0.15) is 11.5 Å². The van der Waals surface area contributed by atoms with Crippen molar-refractivity contribution in [1.82, 2.24) is 0 Å². The van der Waals surface area contributed by atoms with Crippen LogP contribution in [0.15, 0.2) is 53.0 Å². The van der Waals surface area contributed by atoms with Crippen molar-refractivity contribution in [2.45, 2.75) is 6.42 Å². The molecule has 2 nitrogen and oxygen atoms in total. The molecule has 0 aliphatic heterocycles. The molecule has 0 spiro atoms. The Morgan fingerprint density at radius 1 is 0.818 bits per heavy atom. The van der Waals surface area contributed by atoms with Gasteiger partial charge in [-0.05, 0) is 47.4 Å². The molecule has 0 amide bonds. The average molecular weight is 426 g/mol. The van der Waals surface area contributed by atoms with Gasteiger partial charge >= 0.3 is 0 Å². The van der Waals surface area contributed by atoms with Crippen molar-refractivity contribution in [3.63, 3.8) is 0 Å². The van der Waals surface area contributed by atoms with E-state index in [1.807, 2.05) is 24.3 Å². The molecule has 0 heterocycles. The van der Waals surface area contributed by atoms with Crippen molar-refractivity contribution in [2.24, 2.45) is 0 Å². The van der Waals surface area contributed by atoms with Crippen LogP contribution in [0.3, 0.4) is 0 Å². The lowest BCUT2D eigenvalue weighted by atomic mass is 9.97. The third-order valence-corrected chi connectivity index (χ3v) is 4.53. The number of halogens is 2. The summed E-state index contributed by atoms with van der Waals surface area (Å²) in [7, 11) is 3.35. The maximum absolute atomic E-state index is 5.24. The lowest BCUT2D eigenvalue weighted by Crippen LogP contribution is -1.93. The van der Waals surface area contributed by atoms with Crippen molar-refractivity contribution in [3.05, 3.63) is 64.1 Å². The topological polar surface area (TPSA) is 18.5 Å². The number of hydrogen-bond acceptors (Lipinski definition) is 2. The molecule has 2 aromatic rings. The summed E-state index contributed by atoms with van der Waals surface area (Å²) in [5.41, 5.74) is 3.49. The second kappa shape index (κ2) is 8.39. The lowest BCUT2D eigenvalue weighted by Gasteiger charge is -2.13. The van der Waals surface area contributed by atoms with Gasteiger partial charge in [0, 0.05) is 9.81 Å². The fourth-order valence-corrected chi connectivity index (χ4v) is 3.79. The van der Waals surface area contributed by atoms with Crippen LogP contribution in [-0.4, -0.2) is 19.5 Å². The molecule has 116 valence electrons. The van der Waals surface area contributed by atoms with E-state index in [0.717, 1.165) is 34.4 Å². The van der Waals surface area contributed by atoms with Gasteiger partial charge in [-0.3, -0.25) is 0 Å². The Morgan fingerprint density at radius 2 is 1.23 bits per heavy atom. The van der Waals surface area contributed by atoms with Crippen LogP contribution in [0.25, 0.3) is 5.57 Å². The summed E-state index contributed by atoms with van der Waals surface area (Å²) in [6.07, 6.45) is 0.924. The summed E-state index contributed by atoms with van der Waals surface area (Å²) in [5.74, 6) is 1.71. The van der Waals surface area contributed by atoms with Gasteiger partial charge in [-0.2, -0.15) is 0 Å². The number of alkyl halides is 1. The Bertz CT molecular complexity index is 582. The SMILES string of the molecule is COc1ccc(C(=C(Br)CCBr)c2ccc(OC)cc2)cc1. The van der Waals surface area contributed by atoms with Gasteiger partial charge in [0.25, 0.3) is 0 Å². The number of benzene rings is 2. The number of hydrogen-bond donors (Lipinski definition) is 0. The number of rotatable bonds is 6. The van der Waals surface area contributed by atoms with E-state index in [9.17, 15) is 0 Å². The van der Waals surface area contributed by atoms with Gasteiger partial charge in [0.05, 0.1) is 14.2 Å². The average Bonchev–Trinajstić information content (AvgIpc) is 2.56. The van der Waals surface area contributed by atoms with Crippen LogP contribution < -0.4 is 9.47 Å². The number of methoxy groups -OCH3 is 2. The standard InChI is InChI=1S/C18H18Br2O2/c1-21-15-7-3-13(4-8-15)18(17(20)11-12-19)14-5-9-16(22-2)10-6-14/h3-10H,11-12H2,1-2H3. The molecule has 0 aromatic heterocycles. The predicted octanol–water partition coefficient (Wildman–Crippen LogP) is 5.64. The zero-order chi connectivity index (χ0) is 15.9. The van der Waals surface area contributed by atoms with Crippen LogP contribution in [-0.2, 0) is 0 Å². The van der Waals surface area contributed by atoms with E-state index in [-0.39, 0.29) is 0 Å². The minimum atomic E-state index is 0.856. The number of ether oxygens (including phenoxy) is 2. The first-order valence-corrected chi connectivity index (χ1v) is 8.84. The molecule has 0 fully saturated rings. The molecule has 0 N–H and O–H groups in total. The highest BCUT2D eigenvalue weighted by Gasteiger charge is 2.11. The molecule has 0 aliphatic carbocycles. The molecule has 0 saturated carbocycles. The first-order valence-electron chi connectivity index (χ1n) is 6.93. The van der Waals surface area contributed by atoms with Gasteiger partial charge in [0.15, 0.2) is 0 Å². The van der Waals surface area contributed by atoms with E-state index in [0.29, 0.717) is 0 Å². The summed E-state index contributed by atoms with van der Waals surface area (Å²) in [6.45, 7) is 0. The molecule has 0 radical (unpaired) electrons. The van der Waals surface area contributed by atoms with Gasteiger partial charge < -0.3 is 9.47 Å². The highest BCUT2D eigenvalue weighted by Crippen LogP contribution is 2.33. The summed E-state index contributed by atoms with van der Waals surface area (Å²) in [4.78, 5) is 0. The van der Waals surface area contributed by atoms with Crippen molar-refractivity contribution < 1.29 is 9.47 Å². The molecule has 0 aliphatic rings. The molecule has 4 heteroatoms. The van der Waals surface area contributed by atoms with Crippen molar-refractivity contribution in [3.8, 4) is 11.5 Å². The Morgan fingerprint density at radius 3 is 1.55 bits per heavy atom. The minimum absolute atomic E-state index is 0.856. The van der Waals surface area contributed by atoms with Gasteiger partial charge in [-0.15, -0.1) is 0 Å². The maximum Gasteiger partial charge on any atom is 0.118 e. The van der Waals surface area contributed by atoms with Crippen molar-refractivity contribution >= 4 is 37.4 Å². The van der Waals surface area contributed by atoms with Crippen LogP contribution in [0.1, 0.15) is 17.5 Å². The van der Waals surface area contributed by atoms with E-state index in [2.05, 4.69) is 56.1 Å². The maximum atomic E-state index is 5.24. The van der Waals surface area contributed by atoms with Gasteiger partial charge in [-0.25, -0.2) is 0 Å². The molecule has 2 aromatic carbocycles. The quantitative estimate of drug-likeness (QED) is 0.557. The second-order valence-electron chi connectivity index (χ2n) is 4.68. The molecular formula is C18H18Br2O2. The molecule has 0 bridgehead atoms.